The number of anilines is 1. The minimum absolute atomic E-state index is 0.0990. The molecule has 2 N–H and O–H groups in total. The molecular formula is C13H15F2N5O. The fourth-order valence-corrected chi connectivity index (χ4v) is 1.85. The fraction of sp³-hybridized carbons (Fsp3) is 0.308. The first-order chi connectivity index (χ1) is 10.0. The molecule has 0 aliphatic heterocycles. The fourth-order valence-electron chi connectivity index (χ4n) is 1.85. The van der Waals surface area contributed by atoms with E-state index in [4.69, 9.17) is 0 Å². The highest BCUT2D eigenvalue weighted by Crippen LogP contribution is 2.15. The van der Waals surface area contributed by atoms with Crippen LogP contribution in [0.1, 0.15) is 25.7 Å². The molecule has 1 heterocycles. The van der Waals surface area contributed by atoms with Gasteiger partial charge < -0.3 is 15.2 Å². The van der Waals surface area contributed by atoms with Gasteiger partial charge in [0.2, 0.25) is 0 Å². The highest BCUT2D eigenvalue weighted by molar-refractivity contribution is 5.89. The zero-order chi connectivity index (χ0) is 15.4. The molecule has 8 heteroatoms. The number of benzene rings is 1. The molecule has 1 aromatic heterocycles. The number of nitrogens with zero attached hydrogens (tertiary/aromatic N) is 3. The van der Waals surface area contributed by atoms with E-state index in [9.17, 15) is 13.6 Å². The van der Waals surface area contributed by atoms with Crippen LogP contribution in [0.25, 0.3) is 0 Å². The molecule has 0 aliphatic rings. The lowest BCUT2D eigenvalue weighted by Crippen LogP contribution is -2.32. The summed E-state index contributed by atoms with van der Waals surface area (Å²) in [6.07, 6.45) is 1.56. The average Bonchev–Trinajstić information content (AvgIpc) is 2.90. The summed E-state index contributed by atoms with van der Waals surface area (Å²) in [5.41, 5.74) is -0.0990. The third-order valence-corrected chi connectivity index (χ3v) is 2.90. The van der Waals surface area contributed by atoms with Crippen molar-refractivity contribution in [1.29, 1.82) is 0 Å². The predicted octanol–water partition coefficient (Wildman–Crippen LogP) is 2.46. The normalized spacial score (nSPS) is 12.0. The summed E-state index contributed by atoms with van der Waals surface area (Å²) in [6.45, 7) is 4.33. The number of aryl methyl sites for hydroxylation is 1. The summed E-state index contributed by atoms with van der Waals surface area (Å²) in [4.78, 5) is 11.8. The van der Waals surface area contributed by atoms with Crippen molar-refractivity contribution in [1.82, 2.24) is 20.1 Å². The van der Waals surface area contributed by atoms with Gasteiger partial charge in [-0.2, -0.15) is 0 Å². The van der Waals surface area contributed by atoms with Gasteiger partial charge in [0.25, 0.3) is 0 Å². The Kier molecular flexibility index (Phi) is 4.46. The Morgan fingerprint density at radius 3 is 2.86 bits per heavy atom. The SMILES string of the molecule is CCn1cnnc1C(C)NC(=O)Nc1ccc(F)cc1F. The molecule has 0 aliphatic carbocycles. The van der Waals surface area contributed by atoms with E-state index < -0.39 is 23.7 Å². The number of carbonyl (C=O) groups excluding carboxylic acids is 1. The van der Waals surface area contributed by atoms with Crippen molar-refractivity contribution < 1.29 is 13.6 Å². The minimum atomic E-state index is -0.838. The predicted molar refractivity (Wildman–Crippen MR) is 72.6 cm³/mol. The Bertz CT molecular complexity index is 643. The monoisotopic (exact) mass is 295 g/mol. The zero-order valence-corrected chi connectivity index (χ0v) is 11.6. The molecule has 0 fully saturated rings. The molecule has 0 saturated heterocycles. The van der Waals surface area contributed by atoms with Crippen molar-refractivity contribution in [2.24, 2.45) is 0 Å². The summed E-state index contributed by atoms with van der Waals surface area (Å²) in [5, 5.41) is 12.6. The maximum absolute atomic E-state index is 13.4. The minimum Gasteiger partial charge on any atom is -0.328 e. The largest absolute Gasteiger partial charge is 0.328 e. The molecule has 1 unspecified atom stereocenters. The average molecular weight is 295 g/mol. The summed E-state index contributed by atoms with van der Waals surface area (Å²) >= 11 is 0. The highest BCUT2D eigenvalue weighted by atomic mass is 19.1. The van der Waals surface area contributed by atoms with E-state index in [-0.39, 0.29) is 5.69 Å². The van der Waals surface area contributed by atoms with Crippen molar-refractivity contribution in [3.63, 3.8) is 0 Å². The Balaban J connectivity index is 2.01. The lowest BCUT2D eigenvalue weighted by molar-refractivity contribution is 0.248. The number of halogens is 2. The van der Waals surface area contributed by atoms with Crippen LogP contribution in [0.3, 0.4) is 0 Å². The lowest BCUT2D eigenvalue weighted by atomic mass is 10.3. The molecule has 1 aromatic carbocycles. The topological polar surface area (TPSA) is 71.8 Å². The molecule has 2 aromatic rings. The van der Waals surface area contributed by atoms with Crippen molar-refractivity contribution >= 4 is 11.7 Å². The van der Waals surface area contributed by atoms with Gasteiger partial charge in [-0.25, -0.2) is 13.6 Å². The Labute approximate surface area is 120 Å². The number of rotatable bonds is 4. The standard InChI is InChI=1S/C13H15F2N5O/c1-3-20-7-16-19-12(20)8(2)17-13(21)18-11-5-4-9(14)6-10(11)15/h4-8H,3H2,1-2H3,(H2,17,18,21). The van der Waals surface area contributed by atoms with Gasteiger partial charge in [0.05, 0.1) is 11.7 Å². The van der Waals surface area contributed by atoms with E-state index in [1.807, 2.05) is 6.92 Å². The van der Waals surface area contributed by atoms with Crippen LogP contribution in [-0.2, 0) is 6.54 Å². The molecule has 21 heavy (non-hydrogen) atoms. The second-order valence-corrected chi connectivity index (χ2v) is 4.42. The highest BCUT2D eigenvalue weighted by Gasteiger charge is 2.16. The van der Waals surface area contributed by atoms with Crippen molar-refractivity contribution in [2.75, 3.05) is 5.32 Å². The van der Waals surface area contributed by atoms with Crippen LogP contribution in [-0.4, -0.2) is 20.8 Å². The molecule has 0 radical (unpaired) electrons. The molecule has 112 valence electrons. The van der Waals surface area contributed by atoms with Gasteiger partial charge in [-0.05, 0) is 26.0 Å². The van der Waals surface area contributed by atoms with Gasteiger partial charge in [0, 0.05) is 12.6 Å². The van der Waals surface area contributed by atoms with Gasteiger partial charge in [-0.3, -0.25) is 0 Å². The van der Waals surface area contributed by atoms with E-state index in [2.05, 4.69) is 20.8 Å². The summed E-state index contributed by atoms with van der Waals surface area (Å²) in [5.74, 6) is -0.954. The molecule has 6 nitrogen and oxygen atoms in total. The second kappa shape index (κ2) is 6.29. The van der Waals surface area contributed by atoms with Gasteiger partial charge >= 0.3 is 6.03 Å². The Morgan fingerprint density at radius 2 is 2.19 bits per heavy atom. The Hall–Kier alpha value is -2.51. The van der Waals surface area contributed by atoms with Crippen LogP contribution >= 0.6 is 0 Å². The first kappa shape index (κ1) is 14.9. The van der Waals surface area contributed by atoms with Gasteiger partial charge in [-0.1, -0.05) is 0 Å². The molecule has 0 saturated carbocycles. The Morgan fingerprint density at radius 1 is 1.43 bits per heavy atom. The lowest BCUT2D eigenvalue weighted by Gasteiger charge is -2.15. The van der Waals surface area contributed by atoms with Crippen LogP contribution in [0, 0.1) is 11.6 Å². The van der Waals surface area contributed by atoms with Crippen LogP contribution in [0.4, 0.5) is 19.3 Å². The number of hydrogen-bond donors (Lipinski definition) is 2. The summed E-state index contributed by atoms with van der Waals surface area (Å²) in [7, 11) is 0. The van der Waals surface area contributed by atoms with Crippen LogP contribution in [0.2, 0.25) is 0 Å². The van der Waals surface area contributed by atoms with E-state index in [0.29, 0.717) is 18.4 Å². The van der Waals surface area contributed by atoms with E-state index in [1.165, 1.54) is 0 Å². The third kappa shape index (κ3) is 3.53. The van der Waals surface area contributed by atoms with Crippen molar-refractivity contribution in [3.8, 4) is 0 Å². The molecular weight excluding hydrogens is 280 g/mol. The third-order valence-electron chi connectivity index (χ3n) is 2.90. The summed E-state index contributed by atoms with van der Waals surface area (Å²) < 4.78 is 28.0. The molecule has 1 atom stereocenters. The van der Waals surface area contributed by atoms with Crippen LogP contribution < -0.4 is 10.6 Å². The summed E-state index contributed by atoms with van der Waals surface area (Å²) in [6, 6.07) is 1.90. The number of hydrogen-bond acceptors (Lipinski definition) is 3. The zero-order valence-electron chi connectivity index (χ0n) is 11.6. The van der Waals surface area contributed by atoms with E-state index >= 15 is 0 Å². The van der Waals surface area contributed by atoms with E-state index in [0.717, 1.165) is 12.1 Å². The van der Waals surface area contributed by atoms with Crippen LogP contribution in [0.15, 0.2) is 24.5 Å². The number of nitrogens with one attached hydrogen (secondary N) is 2. The number of amides is 2. The maximum Gasteiger partial charge on any atom is 0.319 e. The molecule has 2 amide bonds. The first-order valence-corrected chi connectivity index (χ1v) is 6.41. The first-order valence-electron chi connectivity index (χ1n) is 6.41. The smallest absolute Gasteiger partial charge is 0.319 e. The second-order valence-electron chi connectivity index (χ2n) is 4.42. The van der Waals surface area contributed by atoms with Crippen molar-refractivity contribution in [3.05, 3.63) is 42.0 Å². The van der Waals surface area contributed by atoms with Crippen LogP contribution in [0.5, 0.6) is 0 Å². The molecule has 0 bridgehead atoms. The molecule has 0 spiro atoms. The van der Waals surface area contributed by atoms with Gasteiger partial charge in [-0.15, -0.1) is 10.2 Å². The number of urea groups is 1. The molecule has 2 rings (SSSR count). The van der Waals surface area contributed by atoms with E-state index in [1.54, 1.807) is 17.8 Å². The quantitative estimate of drug-likeness (QED) is 0.910. The number of carbonyl (C=O) groups is 1. The maximum atomic E-state index is 13.4. The van der Waals surface area contributed by atoms with Gasteiger partial charge in [0.1, 0.15) is 18.0 Å². The van der Waals surface area contributed by atoms with Crippen molar-refractivity contribution in [2.45, 2.75) is 26.4 Å². The number of aromatic nitrogens is 3. The van der Waals surface area contributed by atoms with Gasteiger partial charge in [0.15, 0.2) is 5.82 Å².